The summed E-state index contributed by atoms with van der Waals surface area (Å²) < 4.78 is 17.2. The van der Waals surface area contributed by atoms with Gasteiger partial charge in [0.2, 0.25) is 17.7 Å². The summed E-state index contributed by atoms with van der Waals surface area (Å²) in [5.74, 6) is -1.60. The first-order valence-corrected chi connectivity index (χ1v) is 11.9. The molecule has 186 valence electrons. The van der Waals surface area contributed by atoms with Crippen LogP contribution in [0, 0.1) is 6.92 Å². The van der Waals surface area contributed by atoms with Gasteiger partial charge < -0.3 is 19.6 Å². The van der Waals surface area contributed by atoms with Gasteiger partial charge in [0.25, 0.3) is 0 Å². The van der Waals surface area contributed by atoms with Gasteiger partial charge in [0, 0.05) is 5.75 Å². The highest BCUT2D eigenvalue weighted by atomic mass is 32.2. The fourth-order valence-electron chi connectivity index (χ4n) is 3.29. The molecular formula is C23H27N5O6S. The second kappa shape index (κ2) is 11.6. The van der Waals surface area contributed by atoms with E-state index in [1.807, 2.05) is 30.3 Å². The summed E-state index contributed by atoms with van der Waals surface area (Å²) in [6.07, 6.45) is 0. The molecule has 0 bridgehead atoms. The van der Waals surface area contributed by atoms with Crippen molar-refractivity contribution in [3.63, 3.8) is 0 Å². The molecule has 0 saturated heterocycles. The smallest absolute Gasteiger partial charge is 0.344 e. The van der Waals surface area contributed by atoms with Gasteiger partial charge in [0.05, 0.1) is 13.2 Å². The number of nitrogen functional groups attached to an aromatic ring is 1. The molecule has 1 amide bonds. The van der Waals surface area contributed by atoms with Crippen molar-refractivity contribution in [2.24, 2.45) is 0 Å². The number of rotatable bonds is 10. The lowest BCUT2D eigenvalue weighted by Crippen LogP contribution is -2.26. The second-order valence-electron chi connectivity index (χ2n) is 7.33. The van der Waals surface area contributed by atoms with Crippen LogP contribution in [0.15, 0.2) is 39.9 Å². The summed E-state index contributed by atoms with van der Waals surface area (Å²) >= 11 is 1.37. The number of anilines is 2. The maximum atomic E-state index is 13.2. The first kappa shape index (κ1) is 25.8. The summed E-state index contributed by atoms with van der Waals surface area (Å²) in [5, 5.41) is 11.0. The molecule has 0 radical (unpaired) electrons. The molecule has 2 heterocycles. The molecule has 11 nitrogen and oxygen atoms in total. The van der Waals surface area contributed by atoms with Gasteiger partial charge in [-0.2, -0.15) is 0 Å². The molecule has 1 atom stereocenters. The maximum absolute atomic E-state index is 13.2. The number of ether oxygens (including phenoxy) is 2. The summed E-state index contributed by atoms with van der Waals surface area (Å²) in [6, 6.07) is 8.88. The van der Waals surface area contributed by atoms with Gasteiger partial charge in [0.1, 0.15) is 22.9 Å². The van der Waals surface area contributed by atoms with Crippen LogP contribution in [0.5, 0.6) is 0 Å². The number of carbonyl (C=O) groups excluding carboxylic acids is 3. The van der Waals surface area contributed by atoms with E-state index >= 15 is 0 Å². The van der Waals surface area contributed by atoms with Gasteiger partial charge in [-0.05, 0) is 33.3 Å². The molecule has 1 unspecified atom stereocenters. The monoisotopic (exact) mass is 501 g/mol. The van der Waals surface area contributed by atoms with E-state index < -0.39 is 23.9 Å². The van der Waals surface area contributed by atoms with Crippen LogP contribution in [0.3, 0.4) is 0 Å². The average molecular weight is 502 g/mol. The summed E-state index contributed by atoms with van der Waals surface area (Å²) in [5.41, 5.74) is 6.76. The standard InChI is InChI=1S/C23H27N5O6S/c1-5-32-20(30)16-14(4)34-19(17(16)21(31)33-6-2)25-18(29)13(3)28-22(24)26-27-23(28)35-12-15-10-8-7-9-11-15/h7-11,13H,5-6,12H2,1-4H3,(H2,24,26)(H,25,29). The van der Waals surface area contributed by atoms with E-state index in [0.717, 1.165) is 5.56 Å². The van der Waals surface area contributed by atoms with Crippen molar-refractivity contribution in [3.8, 4) is 0 Å². The summed E-state index contributed by atoms with van der Waals surface area (Å²) in [7, 11) is 0. The van der Waals surface area contributed by atoms with E-state index in [4.69, 9.17) is 19.6 Å². The van der Waals surface area contributed by atoms with E-state index in [-0.39, 0.29) is 41.9 Å². The van der Waals surface area contributed by atoms with Crippen LogP contribution in [-0.4, -0.2) is 45.8 Å². The van der Waals surface area contributed by atoms with Gasteiger partial charge in [-0.3, -0.25) is 14.7 Å². The molecular weight excluding hydrogens is 474 g/mol. The van der Waals surface area contributed by atoms with Crippen LogP contribution in [-0.2, 0) is 20.0 Å². The minimum atomic E-state index is -0.866. The van der Waals surface area contributed by atoms with Crippen molar-refractivity contribution >= 4 is 41.4 Å². The Morgan fingerprint density at radius 1 is 1.09 bits per heavy atom. The molecule has 3 rings (SSSR count). The Morgan fingerprint density at radius 2 is 1.71 bits per heavy atom. The molecule has 35 heavy (non-hydrogen) atoms. The molecule has 0 fully saturated rings. The van der Waals surface area contributed by atoms with Crippen molar-refractivity contribution in [1.82, 2.24) is 14.8 Å². The molecule has 0 aliphatic rings. The van der Waals surface area contributed by atoms with Crippen LogP contribution < -0.4 is 11.1 Å². The van der Waals surface area contributed by atoms with Crippen molar-refractivity contribution < 1.29 is 28.3 Å². The average Bonchev–Trinajstić information content (AvgIpc) is 3.36. The number of furan rings is 1. The molecule has 0 aliphatic heterocycles. The lowest BCUT2D eigenvalue weighted by molar-refractivity contribution is -0.119. The molecule has 0 aliphatic carbocycles. The Kier molecular flexibility index (Phi) is 8.53. The van der Waals surface area contributed by atoms with Gasteiger partial charge in [-0.15, -0.1) is 10.2 Å². The predicted octanol–water partition coefficient (Wildman–Crippen LogP) is 3.61. The number of nitrogens with two attached hydrogens (primary N) is 1. The van der Waals surface area contributed by atoms with Gasteiger partial charge in [-0.1, -0.05) is 42.1 Å². The Labute approximate surface area is 206 Å². The minimum absolute atomic E-state index is 0.0525. The SMILES string of the molecule is CCOC(=O)c1c(C)oc(NC(=O)C(C)n2c(N)nnc2SCc2ccccc2)c1C(=O)OCC. The third-order valence-electron chi connectivity index (χ3n) is 4.95. The summed E-state index contributed by atoms with van der Waals surface area (Å²) in [4.78, 5) is 38.2. The zero-order valence-electron chi connectivity index (χ0n) is 19.9. The van der Waals surface area contributed by atoms with E-state index in [0.29, 0.717) is 10.9 Å². The van der Waals surface area contributed by atoms with E-state index in [2.05, 4.69) is 15.5 Å². The zero-order chi connectivity index (χ0) is 25.5. The van der Waals surface area contributed by atoms with Gasteiger partial charge in [0.15, 0.2) is 5.16 Å². The number of aromatic nitrogens is 3. The second-order valence-corrected chi connectivity index (χ2v) is 8.27. The van der Waals surface area contributed by atoms with Crippen LogP contribution in [0.25, 0.3) is 0 Å². The number of thioether (sulfide) groups is 1. The van der Waals surface area contributed by atoms with Gasteiger partial charge in [-0.25, -0.2) is 9.59 Å². The van der Waals surface area contributed by atoms with Crippen LogP contribution >= 0.6 is 11.8 Å². The highest BCUT2D eigenvalue weighted by Gasteiger charge is 2.33. The number of nitrogens with zero attached hydrogens (tertiary/aromatic N) is 3. The Morgan fingerprint density at radius 3 is 2.34 bits per heavy atom. The number of nitrogens with one attached hydrogen (secondary N) is 1. The molecule has 12 heteroatoms. The fourth-order valence-corrected chi connectivity index (χ4v) is 4.26. The number of esters is 2. The van der Waals surface area contributed by atoms with E-state index in [1.54, 1.807) is 20.8 Å². The zero-order valence-corrected chi connectivity index (χ0v) is 20.7. The Bertz CT molecular complexity index is 1210. The Balaban J connectivity index is 1.86. The predicted molar refractivity (Wildman–Crippen MR) is 129 cm³/mol. The first-order valence-electron chi connectivity index (χ1n) is 10.9. The number of carbonyl (C=O) groups is 3. The number of hydrogen-bond donors (Lipinski definition) is 2. The quantitative estimate of drug-likeness (QED) is 0.311. The van der Waals surface area contributed by atoms with Crippen molar-refractivity contribution in [2.45, 2.75) is 44.6 Å². The maximum Gasteiger partial charge on any atom is 0.344 e. The number of hydrogen-bond acceptors (Lipinski definition) is 10. The number of aryl methyl sites for hydroxylation is 1. The first-order chi connectivity index (χ1) is 16.8. The normalized spacial score (nSPS) is 11.7. The van der Waals surface area contributed by atoms with E-state index in [9.17, 15) is 14.4 Å². The minimum Gasteiger partial charge on any atom is -0.462 e. The molecule has 2 aromatic heterocycles. The fraction of sp³-hybridized carbons (Fsp3) is 0.348. The molecule has 0 saturated carbocycles. The largest absolute Gasteiger partial charge is 0.462 e. The molecule has 1 aromatic carbocycles. The van der Waals surface area contributed by atoms with Gasteiger partial charge >= 0.3 is 11.9 Å². The third-order valence-corrected chi connectivity index (χ3v) is 5.96. The highest BCUT2D eigenvalue weighted by molar-refractivity contribution is 7.98. The topological polar surface area (TPSA) is 152 Å². The third kappa shape index (κ3) is 5.83. The number of amides is 1. The van der Waals surface area contributed by atoms with Crippen molar-refractivity contribution in [1.29, 1.82) is 0 Å². The van der Waals surface area contributed by atoms with E-state index in [1.165, 1.54) is 23.3 Å². The molecule has 3 aromatic rings. The molecule has 3 N–H and O–H groups in total. The lowest BCUT2D eigenvalue weighted by atomic mass is 10.1. The molecule has 0 spiro atoms. The van der Waals surface area contributed by atoms with Crippen molar-refractivity contribution in [3.05, 3.63) is 52.8 Å². The summed E-state index contributed by atoms with van der Waals surface area (Å²) in [6.45, 7) is 6.52. The van der Waals surface area contributed by atoms with Crippen LogP contribution in [0.1, 0.15) is 58.9 Å². The lowest BCUT2D eigenvalue weighted by Gasteiger charge is -2.16. The number of benzene rings is 1. The van der Waals surface area contributed by atoms with Crippen LogP contribution in [0.2, 0.25) is 0 Å². The van der Waals surface area contributed by atoms with Crippen LogP contribution in [0.4, 0.5) is 11.8 Å². The Hall–Kier alpha value is -3.80. The van der Waals surface area contributed by atoms with Crippen molar-refractivity contribution in [2.75, 3.05) is 24.3 Å². The highest BCUT2D eigenvalue weighted by Crippen LogP contribution is 2.31.